The minimum atomic E-state index is -1.07. The van der Waals surface area contributed by atoms with Crippen molar-refractivity contribution < 1.29 is 19.0 Å². The molecule has 0 spiro atoms. The summed E-state index contributed by atoms with van der Waals surface area (Å²) in [5.74, 6) is 0.0391. The summed E-state index contributed by atoms with van der Waals surface area (Å²) < 4.78 is 15.3. The van der Waals surface area contributed by atoms with Crippen molar-refractivity contribution in [3.05, 3.63) is 23.8 Å². The molecule has 0 unspecified atom stereocenters. The van der Waals surface area contributed by atoms with Gasteiger partial charge in [-0.15, -0.1) is 0 Å². The number of methoxy groups -OCH3 is 2. The van der Waals surface area contributed by atoms with Crippen molar-refractivity contribution in [3.8, 4) is 17.6 Å². The number of hydrogen-bond acceptors (Lipinski definition) is 5. The van der Waals surface area contributed by atoms with E-state index in [4.69, 9.17) is 14.7 Å². The number of carbonyl (C=O) groups is 1. The molecule has 0 radical (unpaired) electrons. The molecule has 0 amide bonds. The van der Waals surface area contributed by atoms with Crippen molar-refractivity contribution in [1.82, 2.24) is 0 Å². The van der Waals surface area contributed by atoms with E-state index in [1.54, 1.807) is 32.0 Å². The largest absolute Gasteiger partial charge is 0.493 e. The molecular formula is C13H15NO4. The quantitative estimate of drug-likeness (QED) is 0.765. The van der Waals surface area contributed by atoms with Crippen molar-refractivity contribution >= 4 is 5.97 Å². The first-order chi connectivity index (χ1) is 8.45. The predicted molar refractivity (Wildman–Crippen MR) is 64.7 cm³/mol. The lowest BCUT2D eigenvalue weighted by atomic mass is 10.1. The van der Waals surface area contributed by atoms with Crippen LogP contribution in [-0.2, 0) is 4.74 Å². The number of carbonyl (C=O) groups excluding carboxylic acids is 1. The van der Waals surface area contributed by atoms with Gasteiger partial charge in [-0.3, -0.25) is 0 Å². The van der Waals surface area contributed by atoms with Crippen molar-refractivity contribution in [3.63, 3.8) is 0 Å². The number of nitriles is 1. The average molecular weight is 249 g/mol. The maximum absolute atomic E-state index is 11.6. The van der Waals surface area contributed by atoms with Crippen LogP contribution in [0.5, 0.6) is 11.5 Å². The van der Waals surface area contributed by atoms with E-state index in [9.17, 15) is 4.79 Å². The van der Waals surface area contributed by atoms with Gasteiger partial charge < -0.3 is 14.2 Å². The molecule has 0 bridgehead atoms. The van der Waals surface area contributed by atoms with E-state index in [0.717, 1.165) is 0 Å². The Labute approximate surface area is 106 Å². The van der Waals surface area contributed by atoms with Gasteiger partial charge in [-0.25, -0.2) is 4.79 Å². The fourth-order valence-corrected chi connectivity index (χ4v) is 1.33. The van der Waals surface area contributed by atoms with E-state index in [0.29, 0.717) is 5.75 Å². The van der Waals surface area contributed by atoms with Crippen molar-refractivity contribution in [2.75, 3.05) is 14.2 Å². The van der Waals surface area contributed by atoms with Crippen LogP contribution in [0.3, 0.4) is 0 Å². The van der Waals surface area contributed by atoms with E-state index < -0.39 is 11.6 Å². The van der Waals surface area contributed by atoms with Gasteiger partial charge in [-0.2, -0.15) is 5.26 Å². The van der Waals surface area contributed by atoms with Gasteiger partial charge in [0.1, 0.15) is 11.6 Å². The Hall–Kier alpha value is -2.22. The maximum atomic E-state index is 11.6. The summed E-state index contributed by atoms with van der Waals surface area (Å²) in [4.78, 5) is 11.6. The standard InChI is InChI=1S/C13H15NO4/c1-13(2,8-14)18-11-9(12(15)17-4)6-5-7-10(11)16-3/h5-7H,1-4H3. The lowest BCUT2D eigenvalue weighted by molar-refractivity contribution is 0.0589. The third kappa shape index (κ3) is 2.92. The Balaban J connectivity index is 3.29. The lowest BCUT2D eigenvalue weighted by Crippen LogP contribution is -2.27. The first-order valence-electron chi connectivity index (χ1n) is 5.30. The summed E-state index contributed by atoms with van der Waals surface area (Å²) in [5, 5.41) is 8.97. The molecule has 0 saturated heterocycles. The summed E-state index contributed by atoms with van der Waals surface area (Å²) in [5.41, 5.74) is -0.850. The molecule has 1 rings (SSSR count). The Morgan fingerprint density at radius 2 is 2.00 bits per heavy atom. The van der Waals surface area contributed by atoms with Crippen LogP contribution in [0.15, 0.2) is 18.2 Å². The van der Waals surface area contributed by atoms with Gasteiger partial charge in [0.2, 0.25) is 0 Å². The highest BCUT2D eigenvalue weighted by atomic mass is 16.5. The van der Waals surface area contributed by atoms with Gasteiger partial charge in [-0.1, -0.05) is 6.07 Å². The van der Waals surface area contributed by atoms with Crippen LogP contribution < -0.4 is 9.47 Å². The highest BCUT2D eigenvalue weighted by Crippen LogP contribution is 2.34. The number of hydrogen-bond donors (Lipinski definition) is 0. The second-order valence-corrected chi connectivity index (χ2v) is 4.05. The number of nitrogens with zero attached hydrogens (tertiary/aromatic N) is 1. The number of esters is 1. The second-order valence-electron chi connectivity index (χ2n) is 4.05. The molecule has 5 nitrogen and oxygen atoms in total. The fraction of sp³-hybridized carbons (Fsp3) is 0.385. The van der Waals surface area contributed by atoms with Gasteiger partial charge in [0.15, 0.2) is 17.1 Å². The number of rotatable bonds is 4. The topological polar surface area (TPSA) is 68.6 Å². The molecule has 1 aromatic carbocycles. The smallest absolute Gasteiger partial charge is 0.341 e. The molecule has 0 aliphatic rings. The van der Waals surface area contributed by atoms with E-state index in [-0.39, 0.29) is 11.3 Å². The normalized spacial score (nSPS) is 10.4. The van der Waals surface area contributed by atoms with Crippen molar-refractivity contribution in [1.29, 1.82) is 5.26 Å². The van der Waals surface area contributed by atoms with Crippen molar-refractivity contribution in [2.24, 2.45) is 0 Å². The summed E-state index contributed by atoms with van der Waals surface area (Å²) in [6, 6.07) is 6.85. The van der Waals surface area contributed by atoms with E-state index in [1.807, 2.05) is 6.07 Å². The van der Waals surface area contributed by atoms with Gasteiger partial charge in [0.25, 0.3) is 0 Å². The average Bonchev–Trinajstić information content (AvgIpc) is 2.37. The third-order valence-corrected chi connectivity index (χ3v) is 2.23. The zero-order valence-corrected chi connectivity index (χ0v) is 10.8. The second kappa shape index (κ2) is 5.41. The predicted octanol–water partition coefficient (Wildman–Crippen LogP) is 2.16. The Kier molecular flexibility index (Phi) is 4.16. The fourth-order valence-electron chi connectivity index (χ4n) is 1.33. The molecule has 0 fully saturated rings. The van der Waals surface area contributed by atoms with Gasteiger partial charge >= 0.3 is 5.97 Å². The van der Waals surface area contributed by atoms with Gasteiger partial charge in [-0.05, 0) is 26.0 Å². The van der Waals surface area contributed by atoms with E-state index in [2.05, 4.69) is 4.74 Å². The SMILES string of the molecule is COC(=O)c1cccc(OC)c1OC(C)(C)C#N. The molecule has 0 atom stereocenters. The van der Waals surface area contributed by atoms with Crippen LogP contribution >= 0.6 is 0 Å². The van der Waals surface area contributed by atoms with Gasteiger partial charge in [0, 0.05) is 0 Å². The maximum Gasteiger partial charge on any atom is 0.341 e. The zero-order valence-electron chi connectivity index (χ0n) is 10.8. The molecular weight excluding hydrogens is 234 g/mol. The van der Waals surface area contributed by atoms with Crippen LogP contribution in [0.4, 0.5) is 0 Å². The highest BCUT2D eigenvalue weighted by Gasteiger charge is 2.25. The Morgan fingerprint density at radius 1 is 1.33 bits per heavy atom. The van der Waals surface area contributed by atoms with Crippen LogP contribution in [0.25, 0.3) is 0 Å². The van der Waals surface area contributed by atoms with E-state index >= 15 is 0 Å². The van der Waals surface area contributed by atoms with Crippen LogP contribution in [0.2, 0.25) is 0 Å². The molecule has 0 heterocycles. The minimum Gasteiger partial charge on any atom is -0.493 e. The first kappa shape index (κ1) is 13.8. The van der Waals surface area contributed by atoms with Gasteiger partial charge in [0.05, 0.1) is 14.2 Å². The molecule has 0 N–H and O–H groups in total. The molecule has 0 aromatic heterocycles. The van der Waals surface area contributed by atoms with Crippen LogP contribution in [0, 0.1) is 11.3 Å². The lowest BCUT2D eigenvalue weighted by Gasteiger charge is -2.21. The molecule has 96 valence electrons. The number of para-hydroxylation sites is 1. The number of ether oxygens (including phenoxy) is 3. The monoisotopic (exact) mass is 249 g/mol. The van der Waals surface area contributed by atoms with Crippen LogP contribution in [0.1, 0.15) is 24.2 Å². The van der Waals surface area contributed by atoms with Crippen molar-refractivity contribution in [2.45, 2.75) is 19.4 Å². The first-order valence-corrected chi connectivity index (χ1v) is 5.30. The molecule has 1 aromatic rings. The minimum absolute atomic E-state index is 0.207. The summed E-state index contributed by atoms with van der Waals surface area (Å²) in [7, 11) is 2.74. The van der Waals surface area contributed by atoms with Crippen LogP contribution in [-0.4, -0.2) is 25.8 Å². The number of benzene rings is 1. The third-order valence-electron chi connectivity index (χ3n) is 2.23. The zero-order chi connectivity index (χ0) is 13.8. The Morgan fingerprint density at radius 3 is 2.50 bits per heavy atom. The summed E-state index contributed by atoms with van der Waals surface area (Å²) in [6.07, 6.45) is 0. The molecule has 5 heteroatoms. The van der Waals surface area contributed by atoms with E-state index in [1.165, 1.54) is 14.2 Å². The molecule has 18 heavy (non-hydrogen) atoms. The summed E-state index contributed by atoms with van der Waals surface area (Å²) >= 11 is 0. The summed E-state index contributed by atoms with van der Waals surface area (Å²) in [6.45, 7) is 3.20. The molecule has 0 aliphatic heterocycles. The molecule has 0 saturated carbocycles. The highest BCUT2D eigenvalue weighted by molar-refractivity contribution is 5.93. The Bertz CT molecular complexity index is 488. The molecule has 0 aliphatic carbocycles.